The summed E-state index contributed by atoms with van der Waals surface area (Å²) in [5.74, 6) is -0.254. The van der Waals surface area contributed by atoms with Crippen molar-refractivity contribution in [2.45, 2.75) is 389 Å². The van der Waals surface area contributed by atoms with Gasteiger partial charge in [0.15, 0.2) is 12.6 Å². The Kier molecular flexibility index (Phi) is 63.9. The Morgan fingerprint density at radius 3 is 1.09 bits per heavy atom. The lowest BCUT2D eigenvalue weighted by Crippen LogP contribution is -2.65. The van der Waals surface area contributed by atoms with Gasteiger partial charge in [0.25, 0.3) is 0 Å². The van der Waals surface area contributed by atoms with Crippen molar-refractivity contribution in [2.24, 2.45) is 0 Å². The van der Waals surface area contributed by atoms with Crippen LogP contribution in [0.1, 0.15) is 316 Å². The number of aliphatic hydroxyl groups is 8. The van der Waals surface area contributed by atoms with Gasteiger partial charge in [0, 0.05) is 6.42 Å². The number of aliphatic hydroxyl groups excluding tert-OH is 8. The highest BCUT2D eigenvalue weighted by atomic mass is 16.7. The molecule has 0 aromatic rings. The molecule has 2 heterocycles. The van der Waals surface area contributed by atoms with Gasteiger partial charge in [-0.05, 0) is 109 Å². The molecule has 14 nitrogen and oxygen atoms in total. The van der Waals surface area contributed by atoms with E-state index in [4.69, 9.17) is 18.9 Å². The average molecular weight is 1420 g/mol. The lowest BCUT2D eigenvalue weighted by atomic mass is 9.97. The number of carbonyl (C=O) groups is 1. The number of allylic oxidation sites excluding steroid dienone is 21. The first-order chi connectivity index (χ1) is 49.6. The molecule has 0 aromatic carbocycles. The maximum absolute atomic E-state index is 13.4. The number of hydrogen-bond donors (Lipinski definition) is 9. The lowest BCUT2D eigenvalue weighted by molar-refractivity contribution is -0.359. The summed E-state index contributed by atoms with van der Waals surface area (Å²) in [6.45, 7) is 2.69. The normalized spacial score (nSPS) is 22.5. The third kappa shape index (κ3) is 51.9. The first-order valence-corrected chi connectivity index (χ1v) is 40.9. The van der Waals surface area contributed by atoms with E-state index in [9.17, 15) is 45.6 Å². The summed E-state index contributed by atoms with van der Waals surface area (Å²) < 4.78 is 22.9. The van der Waals surface area contributed by atoms with Crippen LogP contribution in [-0.2, 0) is 23.7 Å². The molecule has 12 unspecified atom stereocenters. The summed E-state index contributed by atoms with van der Waals surface area (Å²) in [4.78, 5) is 13.4. The zero-order valence-electron chi connectivity index (χ0n) is 63.6. The van der Waals surface area contributed by atoms with Crippen molar-refractivity contribution in [3.63, 3.8) is 0 Å². The molecule has 0 aliphatic carbocycles. The Labute approximate surface area is 615 Å². The van der Waals surface area contributed by atoms with Crippen molar-refractivity contribution >= 4 is 5.91 Å². The Morgan fingerprint density at radius 1 is 0.366 bits per heavy atom. The summed E-state index contributed by atoms with van der Waals surface area (Å²) in [5, 5.41) is 87.7. The summed E-state index contributed by atoms with van der Waals surface area (Å²) in [7, 11) is 0. The standard InChI is InChI=1S/C87H149NO13/c1-3-5-7-9-11-13-15-17-19-21-23-25-27-29-31-32-33-34-35-36-37-38-39-40-41-42-43-44-45-47-49-51-53-55-57-59-61-63-65-67-69-71-79(92)88-75(74-98-86-84(97)82(95)85(78(73-90)100-86)101-87-83(96)81(94)80(93)77(72-89)99-87)76(91)70-68-66-64-62-60-58-56-54-52-50-48-46-30-28-26-24-22-20-18-16-14-12-10-8-6-4-2/h5,7,11,13,17,19,23,25,29,31,33-34,36-37,39-40,52,54,60,62,68,70,75-78,80-87,89-91,93-97H,3-4,6,8-10,12,14-16,18,20-22,24,26-28,30,32,35,38,41-51,53,55-59,61,63-67,69,71-74H2,1-2H3,(H,88,92)/b7-5-,13-11-,19-17-,25-23-,31-29-,34-33-,37-36-,40-39-,54-52+,62-60+,70-68+. The van der Waals surface area contributed by atoms with Crippen molar-refractivity contribution in [1.29, 1.82) is 0 Å². The number of hydrogen-bond acceptors (Lipinski definition) is 13. The molecule has 1 amide bonds. The Hall–Kier alpha value is -3.87. The van der Waals surface area contributed by atoms with Gasteiger partial charge >= 0.3 is 0 Å². The van der Waals surface area contributed by atoms with Gasteiger partial charge in [0.1, 0.15) is 48.8 Å². The van der Waals surface area contributed by atoms with Gasteiger partial charge in [0.05, 0.1) is 32.0 Å². The summed E-state index contributed by atoms with van der Waals surface area (Å²) >= 11 is 0. The Morgan fingerprint density at radius 2 is 0.693 bits per heavy atom. The van der Waals surface area contributed by atoms with Crippen LogP contribution in [0, 0.1) is 0 Å². The molecule has 9 N–H and O–H groups in total. The van der Waals surface area contributed by atoms with E-state index in [2.05, 4.69) is 141 Å². The lowest BCUT2D eigenvalue weighted by Gasteiger charge is -2.46. The van der Waals surface area contributed by atoms with Crippen molar-refractivity contribution < 1.29 is 64.6 Å². The molecular formula is C87H149NO13. The Balaban J connectivity index is 1.61. The van der Waals surface area contributed by atoms with Gasteiger partial charge in [-0.2, -0.15) is 0 Å². The SMILES string of the molecule is CC/C=C\C/C=C\C/C=C\C/C=C\C/C=C\C/C=C\C/C=C\C/C=C\CCCCCCCCCCCCCCCCCCC(=O)NC(COC1OC(CO)C(OC2OC(CO)C(O)C(O)C2O)C(O)C1O)C(O)/C=C/CC/C=C/CC/C=C/CCCCCCCCCCCCCCCCCC. The first-order valence-electron chi connectivity index (χ1n) is 40.9. The van der Waals surface area contributed by atoms with Gasteiger partial charge in [-0.3, -0.25) is 4.79 Å². The molecule has 2 aliphatic heterocycles. The smallest absolute Gasteiger partial charge is 0.220 e. The van der Waals surface area contributed by atoms with Crippen LogP contribution in [-0.4, -0.2) is 140 Å². The van der Waals surface area contributed by atoms with Crippen molar-refractivity contribution in [2.75, 3.05) is 19.8 Å². The number of rotatable bonds is 67. The first kappa shape index (κ1) is 93.2. The van der Waals surface area contributed by atoms with E-state index in [0.29, 0.717) is 12.8 Å². The highest BCUT2D eigenvalue weighted by Gasteiger charge is 2.51. The van der Waals surface area contributed by atoms with Crippen LogP contribution in [0.3, 0.4) is 0 Å². The van der Waals surface area contributed by atoms with Crippen LogP contribution in [0.5, 0.6) is 0 Å². The van der Waals surface area contributed by atoms with E-state index in [1.165, 1.54) is 186 Å². The van der Waals surface area contributed by atoms with Crippen LogP contribution in [0.2, 0.25) is 0 Å². The quantitative estimate of drug-likeness (QED) is 0.0204. The fourth-order valence-electron chi connectivity index (χ4n) is 12.6. The predicted octanol–water partition coefficient (Wildman–Crippen LogP) is 19.0. The summed E-state index contributed by atoms with van der Waals surface area (Å²) in [6, 6.07) is -0.947. The molecular weight excluding hydrogens is 1270 g/mol. The van der Waals surface area contributed by atoms with Gasteiger partial charge in [0.2, 0.25) is 5.91 Å². The molecule has 0 aromatic heterocycles. The fourth-order valence-corrected chi connectivity index (χ4v) is 12.6. The maximum atomic E-state index is 13.4. The number of nitrogens with one attached hydrogen (secondary N) is 1. The maximum Gasteiger partial charge on any atom is 0.220 e. The molecule has 2 saturated heterocycles. The minimum absolute atomic E-state index is 0.254. The molecule has 2 rings (SSSR count). The van der Waals surface area contributed by atoms with Crippen LogP contribution in [0.25, 0.3) is 0 Å². The predicted molar refractivity (Wildman–Crippen MR) is 419 cm³/mol. The van der Waals surface area contributed by atoms with Gasteiger partial charge < -0.3 is 65.1 Å². The van der Waals surface area contributed by atoms with Crippen molar-refractivity contribution in [1.82, 2.24) is 5.32 Å². The zero-order chi connectivity index (χ0) is 73.0. The third-order valence-electron chi connectivity index (χ3n) is 19.0. The van der Waals surface area contributed by atoms with E-state index in [-0.39, 0.29) is 18.9 Å². The molecule has 0 radical (unpaired) electrons. The number of ether oxygens (including phenoxy) is 4. The second-order valence-corrected chi connectivity index (χ2v) is 28.1. The van der Waals surface area contributed by atoms with Crippen LogP contribution < -0.4 is 5.32 Å². The third-order valence-corrected chi connectivity index (χ3v) is 19.0. The van der Waals surface area contributed by atoms with E-state index in [1.54, 1.807) is 6.08 Å². The molecule has 14 heteroatoms. The van der Waals surface area contributed by atoms with Crippen molar-refractivity contribution in [3.8, 4) is 0 Å². The molecule has 580 valence electrons. The minimum atomic E-state index is -1.80. The highest BCUT2D eigenvalue weighted by molar-refractivity contribution is 5.76. The van der Waals surface area contributed by atoms with Gasteiger partial charge in [-0.25, -0.2) is 0 Å². The molecule has 2 fully saturated rings. The summed E-state index contributed by atoms with van der Waals surface area (Å²) in [6.07, 6.45) is 86.8. The average Bonchev–Trinajstić information content (AvgIpc) is 0.792. The number of unbranched alkanes of at least 4 members (excludes halogenated alkanes) is 34. The van der Waals surface area contributed by atoms with E-state index >= 15 is 0 Å². The summed E-state index contributed by atoms with van der Waals surface area (Å²) in [5.41, 5.74) is 0. The fraction of sp³-hybridized carbons (Fsp3) is 0.736. The Bertz CT molecular complexity index is 2220. The highest BCUT2D eigenvalue weighted by Crippen LogP contribution is 2.30. The van der Waals surface area contributed by atoms with Crippen LogP contribution >= 0.6 is 0 Å². The van der Waals surface area contributed by atoms with E-state index in [0.717, 1.165) is 96.3 Å². The largest absolute Gasteiger partial charge is 0.394 e. The van der Waals surface area contributed by atoms with Crippen molar-refractivity contribution in [3.05, 3.63) is 134 Å². The number of amides is 1. The molecule has 101 heavy (non-hydrogen) atoms. The minimum Gasteiger partial charge on any atom is -0.394 e. The molecule has 0 saturated carbocycles. The monoisotopic (exact) mass is 1420 g/mol. The van der Waals surface area contributed by atoms with Crippen LogP contribution in [0.4, 0.5) is 0 Å². The van der Waals surface area contributed by atoms with Crippen LogP contribution in [0.15, 0.2) is 134 Å². The second-order valence-electron chi connectivity index (χ2n) is 28.1. The van der Waals surface area contributed by atoms with Gasteiger partial charge in [-0.15, -0.1) is 0 Å². The van der Waals surface area contributed by atoms with E-state index in [1.807, 2.05) is 6.08 Å². The molecule has 0 spiro atoms. The zero-order valence-corrected chi connectivity index (χ0v) is 63.6. The second kappa shape index (κ2) is 69.2. The van der Waals surface area contributed by atoms with Gasteiger partial charge in [-0.1, -0.05) is 334 Å². The topological polar surface area (TPSA) is 228 Å². The number of carbonyl (C=O) groups excluding carboxylic acids is 1. The molecule has 2 aliphatic rings. The van der Waals surface area contributed by atoms with E-state index < -0.39 is 86.8 Å². The molecule has 12 atom stereocenters. The molecule has 0 bridgehead atoms.